The molecule has 1 aromatic heterocycles. The summed E-state index contributed by atoms with van der Waals surface area (Å²) in [5.41, 5.74) is 1.93. The molecule has 1 aliphatic carbocycles. The number of hydrogen-bond acceptors (Lipinski definition) is 2. The number of amides is 1. The van der Waals surface area contributed by atoms with E-state index in [0.29, 0.717) is 11.4 Å². The van der Waals surface area contributed by atoms with Gasteiger partial charge in [-0.15, -0.1) is 0 Å². The predicted molar refractivity (Wildman–Crippen MR) is 96.2 cm³/mol. The summed E-state index contributed by atoms with van der Waals surface area (Å²) in [7, 11) is 0. The number of carbonyl (C=O) groups is 1. The third-order valence-electron chi connectivity index (χ3n) is 4.60. The summed E-state index contributed by atoms with van der Waals surface area (Å²) in [6.45, 7) is 5.30. The van der Waals surface area contributed by atoms with E-state index in [1.54, 1.807) is 6.92 Å². The molecule has 1 unspecified atom stereocenters. The summed E-state index contributed by atoms with van der Waals surface area (Å²) < 4.78 is 40.9. The second-order valence-corrected chi connectivity index (χ2v) is 7.49. The van der Waals surface area contributed by atoms with E-state index in [4.69, 9.17) is 0 Å². The van der Waals surface area contributed by atoms with Crippen LogP contribution in [0.4, 0.5) is 18.9 Å². The van der Waals surface area contributed by atoms with Crippen LogP contribution < -0.4 is 5.32 Å². The molecule has 1 atom stereocenters. The van der Waals surface area contributed by atoms with E-state index in [-0.39, 0.29) is 10.4 Å². The van der Waals surface area contributed by atoms with Crippen molar-refractivity contribution in [1.82, 2.24) is 9.78 Å². The Morgan fingerprint density at radius 2 is 1.88 bits per heavy atom. The highest BCUT2D eigenvalue weighted by atomic mass is 79.9. The second-order valence-electron chi connectivity index (χ2n) is 6.70. The summed E-state index contributed by atoms with van der Waals surface area (Å²) in [6.07, 6.45) is -2.98. The summed E-state index contributed by atoms with van der Waals surface area (Å²) in [4.78, 5) is 12.7. The molecule has 3 rings (SSSR count). The van der Waals surface area contributed by atoms with E-state index in [0.717, 1.165) is 24.0 Å². The number of halogens is 4. The van der Waals surface area contributed by atoms with Gasteiger partial charge in [-0.3, -0.25) is 9.48 Å². The highest BCUT2D eigenvalue weighted by molar-refractivity contribution is 9.10. The molecule has 8 heteroatoms. The van der Waals surface area contributed by atoms with Gasteiger partial charge in [-0.1, -0.05) is 18.2 Å². The lowest BCUT2D eigenvalue weighted by Gasteiger charge is -2.18. The van der Waals surface area contributed by atoms with Crippen LogP contribution in [0.15, 0.2) is 22.7 Å². The normalized spacial score (nSPS) is 15.8. The first-order valence-electron chi connectivity index (χ1n) is 8.33. The van der Waals surface area contributed by atoms with Crippen molar-refractivity contribution in [3.63, 3.8) is 0 Å². The van der Waals surface area contributed by atoms with Crippen molar-refractivity contribution in [3.05, 3.63) is 45.2 Å². The molecule has 1 saturated carbocycles. The molecular weight excluding hydrogens is 411 g/mol. The van der Waals surface area contributed by atoms with Crippen LogP contribution in [0, 0.1) is 13.8 Å². The fourth-order valence-electron chi connectivity index (χ4n) is 2.98. The Morgan fingerprint density at radius 1 is 1.31 bits per heavy atom. The molecular formula is C18H19BrF3N3O. The SMILES string of the molecule is Cc1cccc(C)c1NC(=O)C(C)n1nc(C(F)(F)F)c(Br)c1C1CC1. The van der Waals surface area contributed by atoms with Crippen molar-refractivity contribution < 1.29 is 18.0 Å². The maximum atomic E-state index is 13.2. The van der Waals surface area contributed by atoms with E-state index in [9.17, 15) is 18.0 Å². The number of aromatic nitrogens is 2. The zero-order valence-electron chi connectivity index (χ0n) is 14.6. The molecule has 1 aromatic carbocycles. The predicted octanol–water partition coefficient (Wildman–Crippen LogP) is 5.36. The third-order valence-corrected chi connectivity index (χ3v) is 5.38. The first-order chi connectivity index (χ1) is 12.1. The lowest BCUT2D eigenvalue weighted by Crippen LogP contribution is -2.26. The quantitative estimate of drug-likeness (QED) is 0.710. The first-order valence-corrected chi connectivity index (χ1v) is 9.12. The average molecular weight is 430 g/mol. The number of benzene rings is 1. The van der Waals surface area contributed by atoms with Crippen molar-refractivity contribution in [2.24, 2.45) is 0 Å². The standard InChI is InChI=1S/C18H19BrF3N3O/c1-9-5-4-6-10(2)14(9)23-17(26)11(3)25-15(12-7-8-12)13(19)16(24-25)18(20,21)22/h4-6,11-12H,7-8H2,1-3H3,(H,23,26). The number of para-hydroxylation sites is 1. The van der Waals surface area contributed by atoms with Gasteiger partial charge in [0.15, 0.2) is 5.69 Å². The Bertz CT molecular complexity index is 836. The Labute approximate surface area is 157 Å². The van der Waals surface area contributed by atoms with Gasteiger partial charge in [0.05, 0.1) is 10.2 Å². The van der Waals surface area contributed by atoms with Crippen LogP contribution in [-0.2, 0) is 11.0 Å². The van der Waals surface area contributed by atoms with E-state index in [1.807, 2.05) is 32.0 Å². The molecule has 140 valence electrons. The molecule has 0 saturated heterocycles. The maximum Gasteiger partial charge on any atom is 0.436 e. The molecule has 1 heterocycles. The number of anilines is 1. The monoisotopic (exact) mass is 429 g/mol. The van der Waals surface area contributed by atoms with Gasteiger partial charge in [-0.2, -0.15) is 18.3 Å². The molecule has 1 N–H and O–H groups in total. The molecule has 0 aliphatic heterocycles. The Hall–Kier alpha value is -1.83. The van der Waals surface area contributed by atoms with Crippen LogP contribution in [0.1, 0.15) is 54.2 Å². The van der Waals surface area contributed by atoms with Crippen LogP contribution in [0.5, 0.6) is 0 Å². The molecule has 1 aliphatic rings. The minimum absolute atomic E-state index is 0.00317. The van der Waals surface area contributed by atoms with E-state index in [1.165, 1.54) is 4.68 Å². The number of nitrogens with zero attached hydrogens (tertiary/aromatic N) is 2. The van der Waals surface area contributed by atoms with E-state index < -0.39 is 23.8 Å². The summed E-state index contributed by atoms with van der Waals surface area (Å²) in [6, 6.07) is 4.76. The van der Waals surface area contributed by atoms with Gasteiger partial charge in [0.1, 0.15) is 6.04 Å². The molecule has 0 bridgehead atoms. The van der Waals surface area contributed by atoms with Crippen molar-refractivity contribution in [1.29, 1.82) is 0 Å². The Morgan fingerprint density at radius 3 is 2.38 bits per heavy atom. The van der Waals surface area contributed by atoms with Crippen LogP contribution in [0.2, 0.25) is 0 Å². The number of rotatable bonds is 4. The van der Waals surface area contributed by atoms with Gasteiger partial charge in [0.2, 0.25) is 5.91 Å². The van der Waals surface area contributed by atoms with Crippen LogP contribution in [0.3, 0.4) is 0 Å². The molecule has 0 spiro atoms. The summed E-state index contributed by atoms with van der Waals surface area (Å²) in [5.74, 6) is -0.392. The van der Waals surface area contributed by atoms with Gasteiger partial charge in [0, 0.05) is 11.6 Å². The summed E-state index contributed by atoms with van der Waals surface area (Å²) >= 11 is 3.05. The van der Waals surface area contributed by atoms with Gasteiger partial charge in [0.25, 0.3) is 0 Å². The maximum absolute atomic E-state index is 13.2. The van der Waals surface area contributed by atoms with Gasteiger partial charge in [-0.05, 0) is 60.7 Å². The number of nitrogens with one attached hydrogen (secondary N) is 1. The minimum atomic E-state index is -4.57. The number of aryl methyl sites for hydroxylation is 2. The van der Waals surface area contributed by atoms with Gasteiger partial charge < -0.3 is 5.32 Å². The highest BCUT2D eigenvalue weighted by Gasteiger charge is 2.43. The smallest absolute Gasteiger partial charge is 0.324 e. The van der Waals surface area contributed by atoms with E-state index in [2.05, 4.69) is 26.3 Å². The lowest BCUT2D eigenvalue weighted by molar-refractivity contribution is -0.142. The molecule has 1 amide bonds. The van der Waals surface area contributed by atoms with Crippen molar-refractivity contribution in [2.75, 3.05) is 5.32 Å². The second kappa shape index (κ2) is 6.72. The molecule has 2 aromatic rings. The zero-order valence-corrected chi connectivity index (χ0v) is 16.2. The average Bonchev–Trinajstić information content (AvgIpc) is 3.31. The van der Waals surface area contributed by atoms with Crippen molar-refractivity contribution in [2.45, 2.75) is 51.7 Å². The lowest BCUT2D eigenvalue weighted by atomic mass is 10.1. The van der Waals surface area contributed by atoms with Crippen molar-refractivity contribution in [3.8, 4) is 0 Å². The number of alkyl halides is 3. The third kappa shape index (κ3) is 3.51. The first kappa shape index (κ1) is 18.9. The van der Waals surface area contributed by atoms with Gasteiger partial charge in [-0.25, -0.2) is 0 Å². The van der Waals surface area contributed by atoms with Crippen LogP contribution >= 0.6 is 15.9 Å². The van der Waals surface area contributed by atoms with Gasteiger partial charge >= 0.3 is 6.18 Å². The zero-order chi connectivity index (χ0) is 19.2. The fourth-order valence-corrected chi connectivity index (χ4v) is 3.79. The topological polar surface area (TPSA) is 46.9 Å². The largest absolute Gasteiger partial charge is 0.436 e. The van der Waals surface area contributed by atoms with Crippen molar-refractivity contribution >= 4 is 27.5 Å². The Kier molecular flexibility index (Phi) is 4.90. The molecule has 0 radical (unpaired) electrons. The Balaban J connectivity index is 1.94. The molecule has 1 fully saturated rings. The van der Waals surface area contributed by atoms with Crippen LogP contribution in [-0.4, -0.2) is 15.7 Å². The minimum Gasteiger partial charge on any atom is -0.324 e. The van der Waals surface area contributed by atoms with E-state index >= 15 is 0 Å². The molecule has 26 heavy (non-hydrogen) atoms. The molecule has 4 nitrogen and oxygen atoms in total. The highest BCUT2D eigenvalue weighted by Crippen LogP contribution is 2.47. The summed E-state index contributed by atoms with van der Waals surface area (Å²) in [5, 5.41) is 6.57. The number of carbonyl (C=O) groups excluding carboxylic acids is 1. The fraction of sp³-hybridized carbons (Fsp3) is 0.444. The van der Waals surface area contributed by atoms with Crippen LogP contribution in [0.25, 0.3) is 0 Å². The number of hydrogen-bond donors (Lipinski definition) is 1.